The van der Waals surface area contributed by atoms with Crippen molar-refractivity contribution in [2.24, 2.45) is 7.05 Å². The van der Waals surface area contributed by atoms with Gasteiger partial charge in [0.2, 0.25) is 0 Å². The molecule has 0 saturated carbocycles. The summed E-state index contributed by atoms with van der Waals surface area (Å²) >= 11 is 5.98. The number of aryl methyl sites for hydroxylation is 1. The summed E-state index contributed by atoms with van der Waals surface area (Å²) in [5.74, 6) is -0.488. The van der Waals surface area contributed by atoms with E-state index < -0.39 is 5.97 Å². The van der Waals surface area contributed by atoms with Crippen LogP contribution in [0.1, 0.15) is 10.4 Å². The Morgan fingerprint density at radius 2 is 2.19 bits per heavy atom. The fourth-order valence-corrected chi connectivity index (χ4v) is 1.95. The largest absolute Gasteiger partial charge is 0.495 e. The first-order valence-electron chi connectivity index (χ1n) is 4.60. The van der Waals surface area contributed by atoms with E-state index in [1.54, 1.807) is 29.9 Å². The lowest BCUT2D eigenvalue weighted by Gasteiger charge is -2.04. The highest BCUT2D eigenvalue weighted by atomic mass is 35.5. The van der Waals surface area contributed by atoms with Crippen molar-refractivity contribution >= 4 is 28.5 Å². The zero-order valence-electron chi connectivity index (χ0n) is 8.82. The van der Waals surface area contributed by atoms with Gasteiger partial charge in [-0.2, -0.15) is 0 Å². The molecule has 0 unspecified atom stereocenters. The Morgan fingerprint density at radius 1 is 1.50 bits per heavy atom. The van der Waals surface area contributed by atoms with Crippen molar-refractivity contribution in [3.8, 4) is 5.75 Å². The minimum Gasteiger partial charge on any atom is -0.495 e. The molecule has 0 fully saturated rings. The number of hydrogen-bond donors (Lipinski definition) is 1. The summed E-state index contributed by atoms with van der Waals surface area (Å²) in [6.07, 6.45) is 1.56. The number of aromatic nitrogens is 1. The van der Waals surface area contributed by atoms with Crippen LogP contribution in [0.5, 0.6) is 5.75 Å². The lowest BCUT2D eigenvalue weighted by Crippen LogP contribution is -1.94. The highest BCUT2D eigenvalue weighted by molar-refractivity contribution is 6.33. The quantitative estimate of drug-likeness (QED) is 0.876. The van der Waals surface area contributed by atoms with E-state index in [4.69, 9.17) is 21.4 Å². The fraction of sp³-hybridized carbons (Fsp3) is 0.182. The first-order valence-corrected chi connectivity index (χ1v) is 4.98. The van der Waals surface area contributed by atoms with Crippen LogP contribution in [-0.4, -0.2) is 22.8 Å². The lowest BCUT2D eigenvalue weighted by atomic mass is 10.1. The minimum absolute atomic E-state index is 0.243. The van der Waals surface area contributed by atoms with E-state index in [2.05, 4.69) is 0 Å². The lowest BCUT2D eigenvalue weighted by molar-refractivity contribution is 0.0699. The van der Waals surface area contributed by atoms with Gasteiger partial charge in [0.05, 0.1) is 23.2 Å². The average molecular weight is 240 g/mol. The number of carboxylic acid groups (broad SMARTS) is 1. The maximum absolute atomic E-state index is 11.0. The molecule has 0 aliphatic carbocycles. The molecule has 2 rings (SSSR count). The monoisotopic (exact) mass is 239 g/mol. The predicted octanol–water partition coefficient (Wildman–Crippen LogP) is 2.54. The molecule has 0 atom stereocenters. The molecule has 0 aliphatic rings. The maximum atomic E-state index is 11.0. The summed E-state index contributed by atoms with van der Waals surface area (Å²) in [4.78, 5) is 11.0. The smallest absolute Gasteiger partial charge is 0.337 e. The van der Waals surface area contributed by atoms with E-state index in [1.165, 1.54) is 7.11 Å². The van der Waals surface area contributed by atoms with Crippen molar-refractivity contribution in [1.82, 2.24) is 4.57 Å². The molecule has 0 radical (unpaired) electrons. The van der Waals surface area contributed by atoms with Crippen molar-refractivity contribution in [1.29, 1.82) is 0 Å². The SMILES string of the molecule is COc1cc2c(C(=O)O)cn(C)c2cc1Cl. The number of ether oxygens (including phenoxy) is 1. The molecule has 84 valence electrons. The fourth-order valence-electron chi connectivity index (χ4n) is 1.71. The summed E-state index contributed by atoms with van der Waals surface area (Å²) in [5, 5.41) is 10.1. The van der Waals surface area contributed by atoms with Gasteiger partial charge in [0, 0.05) is 18.6 Å². The van der Waals surface area contributed by atoms with Crippen molar-refractivity contribution in [2.75, 3.05) is 7.11 Å². The molecule has 4 nitrogen and oxygen atoms in total. The highest BCUT2D eigenvalue weighted by Gasteiger charge is 2.15. The Bertz CT molecular complexity index is 574. The van der Waals surface area contributed by atoms with E-state index in [1.807, 2.05) is 0 Å². The van der Waals surface area contributed by atoms with Crippen molar-refractivity contribution in [3.63, 3.8) is 0 Å². The number of rotatable bonds is 2. The van der Waals surface area contributed by atoms with E-state index in [0.29, 0.717) is 16.2 Å². The molecular weight excluding hydrogens is 230 g/mol. The van der Waals surface area contributed by atoms with Gasteiger partial charge in [0.25, 0.3) is 0 Å². The summed E-state index contributed by atoms with van der Waals surface area (Å²) in [7, 11) is 3.27. The molecular formula is C11H10ClNO3. The molecule has 0 bridgehead atoms. The second kappa shape index (κ2) is 3.72. The zero-order chi connectivity index (χ0) is 11.9. The first-order chi connectivity index (χ1) is 7.54. The van der Waals surface area contributed by atoms with Crippen LogP contribution >= 0.6 is 11.6 Å². The standard InChI is InChI=1S/C11H10ClNO3/c1-13-5-7(11(14)15)6-3-10(16-2)8(12)4-9(6)13/h3-5H,1-2H3,(H,14,15). The minimum atomic E-state index is -0.963. The Hall–Kier alpha value is -1.68. The third-order valence-corrected chi connectivity index (χ3v) is 2.79. The number of benzene rings is 1. The highest BCUT2D eigenvalue weighted by Crippen LogP contribution is 2.32. The van der Waals surface area contributed by atoms with Gasteiger partial charge in [-0.3, -0.25) is 0 Å². The zero-order valence-corrected chi connectivity index (χ0v) is 9.58. The average Bonchev–Trinajstić information content (AvgIpc) is 2.55. The van der Waals surface area contributed by atoms with Crippen LogP contribution < -0.4 is 4.74 Å². The maximum Gasteiger partial charge on any atom is 0.337 e. The number of carbonyl (C=O) groups is 1. The van der Waals surface area contributed by atoms with Gasteiger partial charge in [0.15, 0.2) is 0 Å². The van der Waals surface area contributed by atoms with E-state index in [9.17, 15) is 4.79 Å². The van der Waals surface area contributed by atoms with Crippen molar-refractivity contribution in [2.45, 2.75) is 0 Å². The van der Waals surface area contributed by atoms with Gasteiger partial charge < -0.3 is 14.4 Å². The molecule has 1 heterocycles. The molecule has 1 aromatic carbocycles. The number of fused-ring (bicyclic) bond motifs is 1. The van der Waals surface area contributed by atoms with E-state index in [-0.39, 0.29) is 5.56 Å². The molecule has 2 aromatic rings. The van der Waals surface area contributed by atoms with Crippen molar-refractivity contribution < 1.29 is 14.6 Å². The van der Waals surface area contributed by atoms with Gasteiger partial charge in [-0.25, -0.2) is 4.79 Å². The summed E-state index contributed by atoms with van der Waals surface area (Å²) in [6, 6.07) is 3.34. The van der Waals surface area contributed by atoms with Crippen LogP contribution in [0.3, 0.4) is 0 Å². The summed E-state index contributed by atoms with van der Waals surface area (Å²) in [5.41, 5.74) is 1.01. The number of hydrogen-bond acceptors (Lipinski definition) is 2. The van der Waals surface area contributed by atoms with Crippen LogP contribution in [0.15, 0.2) is 18.3 Å². The molecule has 0 spiro atoms. The molecule has 5 heteroatoms. The molecule has 1 N–H and O–H groups in total. The number of methoxy groups -OCH3 is 1. The number of nitrogens with zero attached hydrogens (tertiary/aromatic N) is 1. The summed E-state index contributed by atoms with van der Waals surface area (Å²) in [6.45, 7) is 0. The van der Waals surface area contributed by atoms with Gasteiger partial charge in [-0.15, -0.1) is 0 Å². The summed E-state index contributed by atoms with van der Waals surface area (Å²) < 4.78 is 6.79. The number of halogens is 1. The Labute approximate surface area is 97.0 Å². The Kier molecular flexibility index (Phi) is 2.52. The van der Waals surface area contributed by atoms with E-state index >= 15 is 0 Å². The molecule has 16 heavy (non-hydrogen) atoms. The van der Waals surface area contributed by atoms with Gasteiger partial charge >= 0.3 is 5.97 Å². The second-order valence-electron chi connectivity index (χ2n) is 3.46. The predicted molar refractivity (Wildman–Crippen MR) is 61.4 cm³/mol. The van der Waals surface area contributed by atoms with Gasteiger partial charge in [0.1, 0.15) is 5.75 Å². The Morgan fingerprint density at radius 3 is 2.75 bits per heavy atom. The number of aromatic carboxylic acids is 1. The molecule has 1 aromatic heterocycles. The first kappa shape index (κ1) is 10.8. The Balaban J connectivity index is 2.83. The molecule has 0 amide bonds. The van der Waals surface area contributed by atoms with Crippen LogP contribution in [0.25, 0.3) is 10.9 Å². The normalized spacial score (nSPS) is 10.7. The third-order valence-electron chi connectivity index (χ3n) is 2.49. The second-order valence-corrected chi connectivity index (χ2v) is 3.87. The van der Waals surface area contributed by atoms with Crippen molar-refractivity contribution in [3.05, 3.63) is 28.9 Å². The number of carboxylic acids is 1. The van der Waals surface area contributed by atoms with Crippen LogP contribution in [0.2, 0.25) is 5.02 Å². The third kappa shape index (κ3) is 1.51. The molecule has 0 aliphatic heterocycles. The topological polar surface area (TPSA) is 51.5 Å². The molecule has 0 saturated heterocycles. The van der Waals surface area contributed by atoms with Gasteiger partial charge in [-0.1, -0.05) is 11.6 Å². The van der Waals surface area contributed by atoms with Crippen LogP contribution in [-0.2, 0) is 7.05 Å². The van der Waals surface area contributed by atoms with Crippen LogP contribution in [0, 0.1) is 0 Å². The van der Waals surface area contributed by atoms with E-state index in [0.717, 1.165) is 5.52 Å². The van der Waals surface area contributed by atoms with Gasteiger partial charge in [-0.05, 0) is 12.1 Å². The van der Waals surface area contributed by atoms with Crippen LogP contribution in [0.4, 0.5) is 0 Å².